The van der Waals surface area contributed by atoms with Crippen molar-refractivity contribution >= 4 is 23.5 Å². The summed E-state index contributed by atoms with van der Waals surface area (Å²) in [6.45, 7) is 4.27. The highest BCUT2D eigenvalue weighted by atomic mass is 32.2. The van der Waals surface area contributed by atoms with Gasteiger partial charge in [-0.25, -0.2) is 9.97 Å². The fourth-order valence-corrected chi connectivity index (χ4v) is 3.77. The van der Waals surface area contributed by atoms with Crippen molar-refractivity contribution in [3.05, 3.63) is 29.2 Å². The van der Waals surface area contributed by atoms with E-state index in [9.17, 15) is 10.1 Å². The Kier molecular flexibility index (Phi) is 6.19. The summed E-state index contributed by atoms with van der Waals surface area (Å²) < 4.78 is 1.72. The van der Waals surface area contributed by atoms with Gasteiger partial charge in [0.2, 0.25) is 0 Å². The molecular weight excluding hydrogens is 374 g/mol. The average Bonchev–Trinajstić information content (AvgIpc) is 3.05. The molecule has 3 heterocycles. The molecule has 28 heavy (non-hydrogen) atoms. The molecular formula is C19H25N7OS. The number of aromatic nitrogens is 4. The van der Waals surface area contributed by atoms with Gasteiger partial charge in [-0.2, -0.15) is 10.4 Å². The van der Waals surface area contributed by atoms with Crippen LogP contribution in [0, 0.1) is 24.2 Å². The van der Waals surface area contributed by atoms with Crippen molar-refractivity contribution in [3.8, 4) is 6.07 Å². The van der Waals surface area contributed by atoms with Gasteiger partial charge in [-0.15, -0.1) is 0 Å². The predicted molar refractivity (Wildman–Crippen MR) is 108 cm³/mol. The van der Waals surface area contributed by atoms with E-state index in [1.807, 2.05) is 33.3 Å². The van der Waals surface area contributed by atoms with Crippen LogP contribution in [0.5, 0.6) is 0 Å². The molecule has 2 aromatic rings. The monoisotopic (exact) mass is 399 g/mol. The van der Waals surface area contributed by atoms with Gasteiger partial charge < -0.3 is 9.80 Å². The van der Waals surface area contributed by atoms with Gasteiger partial charge in [0.25, 0.3) is 5.91 Å². The molecule has 0 atom stereocenters. The summed E-state index contributed by atoms with van der Waals surface area (Å²) in [4.78, 5) is 25.2. The number of rotatable bonds is 5. The summed E-state index contributed by atoms with van der Waals surface area (Å²) in [7, 11) is 3.68. The maximum Gasteiger partial charge on any atom is 0.274 e. The Morgan fingerprint density at radius 1 is 1.43 bits per heavy atom. The largest absolute Gasteiger partial charge is 0.355 e. The zero-order chi connectivity index (χ0) is 20.3. The molecule has 0 bridgehead atoms. The number of anilines is 1. The van der Waals surface area contributed by atoms with E-state index in [-0.39, 0.29) is 5.91 Å². The number of nitrogens with zero attached hydrogens (tertiary/aromatic N) is 7. The number of amides is 1. The van der Waals surface area contributed by atoms with Crippen LogP contribution in [0.15, 0.2) is 17.4 Å². The van der Waals surface area contributed by atoms with Crippen LogP contribution in [0.4, 0.5) is 5.82 Å². The Bertz CT molecular complexity index is 877. The van der Waals surface area contributed by atoms with E-state index >= 15 is 0 Å². The third-order valence-corrected chi connectivity index (χ3v) is 5.74. The Morgan fingerprint density at radius 3 is 2.71 bits per heavy atom. The number of piperidine rings is 1. The van der Waals surface area contributed by atoms with E-state index in [2.05, 4.69) is 26.0 Å². The van der Waals surface area contributed by atoms with Crippen molar-refractivity contribution in [3.63, 3.8) is 0 Å². The first-order valence-electron chi connectivity index (χ1n) is 9.25. The van der Waals surface area contributed by atoms with Gasteiger partial charge in [-0.3, -0.25) is 9.48 Å². The second-order valence-corrected chi connectivity index (χ2v) is 7.89. The van der Waals surface area contributed by atoms with E-state index in [0.29, 0.717) is 34.7 Å². The van der Waals surface area contributed by atoms with Gasteiger partial charge in [0, 0.05) is 39.4 Å². The summed E-state index contributed by atoms with van der Waals surface area (Å²) in [5.41, 5.74) is 1.96. The molecule has 1 aliphatic heterocycles. The molecule has 8 nitrogen and oxygen atoms in total. The van der Waals surface area contributed by atoms with Crippen LogP contribution in [0.1, 0.15) is 34.6 Å². The average molecular weight is 400 g/mol. The minimum atomic E-state index is -0.0432. The lowest BCUT2D eigenvalue weighted by molar-refractivity contribution is 0.0758. The lowest BCUT2D eigenvalue weighted by Crippen LogP contribution is -2.40. The van der Waals surface area contributed by atoms with Gasteiger partial charge in [-0.05, 0) is 38.0 Å². The van der Waals surface area contributed by atoms with Gasteiger partial charge in [0.05, 0.1) is 6.20 Å². The van der Waals surface area contributed by atoms with Crippen LogP contribution in [0.3, 0.4) is 0 Å². The molecule has 2 aromatic heterocycles. The number of hydrogen-bond acceptors (Lipinski definition) is 7. The Labute approximate surface area is 169 Å². The number of thioether (sulfide) groups is 1. The van der Waals surface area contributed by atoms with Gasteiger partial charge in [0.1, 0.15) is 11.6 Å². The van der Waals surface area contributed by atoms with E-state index in [1.165, 1.54) is 11.8 Å². The van der Waals surface area contributed by atoms with Crippen LogP contribution in [-0.2, 0) is 7.05 Å². The smallest absolute Gasteiger partial charge is 0.274 e. The molecule has 1 aliphatic rings. The molecule has 0 radical (unpaired) electrons. The highest BCUT2D eigenvalue weighted by Crippen LogP contribution is 2.26. The van der Waals surface area contributed by atoms with E-state index in [0.717, 1.165) is 31.6 Å². The van der Waals surface area contributed by atoms with Crippen LogP contribution < -0.4 is 4.90 Å². The predicted octanol–water partition coefficient (Wildman–Crippen LogP) is 2.10. The lowest BCUT2D eigenvalue weighted by atomic mass is 9.96. The van der Waals surface area contributed by atoms with Crippen molar-refractivity contribution in [2.45, 2.75) is 24.9 Å². The zero-order valence-electron chi connectivity index (χ0n) is 16.7. The molecule has 3 rings (SSSR count). The quantitative estimate of drug-likeness (QED) is 0.562. The molecule has 0 aromatic carbocycles. The van der Waals surface area contributed by atoms with E-state index in [4.69, 9.17) is 0 Å². The molecule has 148 valence electrons. The van der Waals surface area contributed by atoms with Crippen molar-refractivity contribution in [2.75, 3.05) is 37.8 Å². The lowest BCUT2D eigenvalue weighted by Gasteiger charge is -2.34. The third kappa shape index (κ3) is 4.28. The summed E-state index contributed by atoms with van der Waals surface area (Å²) in [5, 5.41) is 14.3. The molecule has 0 saturated carbocycles. The summed E-state index contributed by atoms with van der Waals surface area (Å²) in [6, 6.07) is 4.01. The molecule has 0 unspecified atom stereocenters. The minimum absolute atomic E-state index is 0.0432. The van der Waals surface area contributed by atoms with Crippen LogP contribution in [-0.4, -0.2) is 63.5 Å². The maximum atomic E-state index is 12.6. The summed E-state index contributed by atoms with van der Waals surface area (Å²) in [6.07, 6.45) is 5.42. The van der Waals surface area contributed by atoms with Crippen LogP contribution >= 0.6 is 11.8 Å². The first-order chi connectivity index (χ1) is 13.4. The van der Waals surface area contributed by atoms with Gasteiger partial charge in [-0.1, -0.05) is 11.8 Å². The Balaban J connectivity index is 1.60. The van der Waals surface area contributed by atoms with Gasteiger partial charge >= 0.3 is 0 Å². The van der Waals surface area contributed by atoms with Crippen molar-refractivity contribution in [2.24, 2.45) is 13.0 Å². The van der Waals surface area contributed by atoms with Crippen molar-refractivity contribution in [1.82, 2.24) is 24.6 Å². The normalized spacial score (nSPS) is 14.8. The second-order valence-electron chi connectivity index (χ2n) is 7.12. The minimum Gasteiger partial charge on any atom is -0.355 e. The number of carbonyl (C=O) groups is 1. The maximum absolute atomic E-state index is 12.6. The molecule has 0 aliphatic carbocycles. The Morgan fingerprint density at radius 2 is 2.14 bits per heavy atom. The number of carbonyl (C=O) groups excluding carboxylic acids is 1. The first-order valence-corrected chi connectivity index (χ1v) is 10.5. The molecule has 0 spiro atoms. The number of nitriles is 1. The summed E-state index contributed by atoms with van der Waals surface area (Å²) in [5.74, 6) is 1.09. The topological polar surface area (TPSA) is 90.9 Å². The standard InChI is InChI=1S/C19H25N7OS/c1-13-9-16(23-25(13)3)18(27)24(2)12-14-5-7-26(8-6-14)17-15(10-20)11-21-19(22-17)28-4/h9,11,14H,5-8,12H2,1-4H3. The molecule has 1 saturated heterocycles. The number of aryl methyl sites for hydroxylation is 2. The first kappa shape index (κ1) is 20.1. The molecule has 1 amide bonds. The van der Waals surface area contributed by atoms with Crippen LogP contribution in [0.25, 0.3) is 0 Å². The van der Waals surface area contributed by atoms with E-state index in [1.54, 1.807) is 15.8 Å². The SMILES string of the molecule is CSc1ncc(C#N)c(N2CCC(CN(C)C(=O)c3cc(C)n(C)n3)CC2)n1. The second kappa shape index (κ2) is 8.61. The molecule has 9 heteroatoms. The third-order valence-electron chi connectivity index (χ3n) is 5.18. The zero-order valence-corrected chi connectivity index (χ0v) is 17.5. The molecule has 1 fully saturated rings. The fraction of sp³-hybridized carbons (Fsp3) is 0.526. The van der Waals surface area contributed by atoms with Crippen molar-refractivity contribution in [1.29, 1.82) is 5.26 Å². The number of hydrogen-bond donors (Lipinski definition) is 0. The van der Waals surface area contributed by atoms with Crippen LogP contribution in [0.2, 0.25) is 0 Å². The highest BCUT2D eigenvalue weighted by Gasteiger charge is 2.25. The summed E-state index contributed by atoms with van der Waals surface area (Å²) >= 11 is 1.47. The highest BCUT2D eigenvalue weighted by molar-refractivity contribution is 7.98. The Hall–Kier alpha value is -2.60. The molecule has 0 N–H and O–H groups in total. The van der Waals surface area contributed by atoms with Gasteiger partial charge in [0.15, 0.2) is 16.7 Å². The van der Waals surface area contributed by atoms with E-state index < -0.39 is 0 Å². The fourth-order valence-electron chi connectivity index (χ4n) is 3.43. The van der Waals surface area contributed by atoms with Crippen molar-refractivity contribution < 1.29 is 4.79 Å².